The van der Waals surface area contributed by atoms with Crippen molar-refractivity contribution in [1.82, 2.24) is 5.32 Å². The van der Waals surface area contributed by atoms with Crippen LogP contribution >= 0.6 is 15.9 Å². The van der Waals surface area contributed by atoms with Crippen molar-refractivity contribution in [3.05, 3.63) is 41.4 Å². The second-order valence-corrected chi connectivity index (χ2v) is 3.98. The molecule has 0 aliphatic carbocycles. The lowest BCUT2D eigenvalue weighted by Crippen LogP contribution is -2.21. The molecule has 76 valence electrons. The van der Waals surface area contributed by atoms with Gasteiger partial charge >= 0.3 is 0 Å². The van der Waals surface area contributed by atoms with E-state index in [1.807, 2.05) is 30.3 Å². The molecule has 0 aromatic heterocycles. The van der Waals surface area contributed by atoms with Crippen molar-refractivity contribution >= 4 is 15.9 Å². The van der Waals surface area contributed by atoms with Gasteiger partial charge in [-0.05, 0) is 12.1 Å². The van der Waals surface area contributed by atoms with Gasteiger partial charge < -0.3 is 10.1 Å². The van der Waals surface area contributed by atoms with Crippen LogP contribution in [0.15, 0.2) is 41.4 Å². The summed E-state index contributed by atoms with van der Waals surface area (Å²) in [5.74, 6) is 0.909. The molecule has 0 bridgehead atoms. The molecule has 1 aromatic rings. The topological polar surface area (TPSA) is 21.3 Å². The van der Waals surface area contributed by atoms with Gasteiger partial charge in [-0.2, -0.15) is 0 Å². The highest BCUT2D eigenvalue weighted by Crippen LogP contribution is 2.07. The van der Waals surface area contributed by atoms with Gasteiger partial charge in [-0.3, -0.25) is 0 Å². The van der Waals surface area contributed by atoms with E-state index < -0.39 is 0 Å². The maximum absolute atomic E-state index is 5.48. The molecule has 14 heavy (non-hydrogen) atoms. The molecule has 1 N–H and O–H groups in total. The third-order valence-corrected chi connectivity index (χ3v) is 1.89. The van der Waals surface area contributed by atoms with Crippen LogP contribution in [-0.4, -0.2) is 19.7 Å². The summed E-state index contributed by atoms with van der Waals surface area (Å²) in [6.07, 6.45) is 0. The molecule has 0 heterocycles. The second-order valence-electron chi connectivity index (χ2n) is 2.86. The summed E-state index contributed by atoms with van der Waals surface area (Å²) >= 11 is 3.27. The lowest BCUT2D eigenvalue weighted by molar-refractivity contribution is 0.316. The van der Waals surface area contributed by atoms with Crippen molar-refractivity contribution in [2.45, 2.75) is 0 Å². The van der Waals surface area contributed by atoms with E-state index in [2.05, 4.69) is 27.8 Å². The van der Waals surface area contributed by atoms with Crippen LogP contribution in [0.4, 0.5) is 0 Å². The first-order chi connectivity index (χ1) is 6.79. The molecule has 3 heteroatoms. The van der Waals surface area contributed by atoms with E-state index in [1.165, 1.54) is 0 Å². The highest BCUT2D eigenvalue weighted by molar-refractivity contribution is 9.11. The molecule has 0 saturated carbocycles. The van der Waals surface area contributed by atoms with Crippen LogP contribution in [0.1, 0.15) is 0 Å². The van der Waals surface area contributed by atoms with Gasteiger partial charge in [0.15, 0.2) is 0 Å². The van der Waals surface area contributed by atoms with Crippen LogP contribution in [0, 0.1) is 0 Å². The molecule has 0 unspecified atom stereocenters. The first kappa shape index (κ1) is 11.3. The number of hydrogen-bond acceptors (Lipinski definition) is 2. The zero-order chi connectivity index (χ0) is 10.2. The number of rotatable bonds is 6. The van der Waals surface area contributed by atoms with Gasteiger partial charge in [0.25, 0.3) is 0 Å². The van der Waals surface area contributed by atoms with Crippen LogP contribution in [-0.2, 0) is 0 Å². The number of halogens is 1. The molecular formula is C11H14BrNO. The minimum atomic E-state index is 0.671. The summed E-state index contributed by atoms with van der Waals surface area (Å²) in [5.41, 5.74) is 0. The zero-order valence-electron chi connectivity index (χ0n) is 8.00. The Labute approximate surface area is 93.1 Å². The average Bonchev–Trinajstić information content (AvgIpc) is 2.18. The smallest absolute Gasteiger partial charge is 0.119 e. The minimum absolute atomic E-state index is 0.671. The monoisotopic (exact) mass is 255 g/mol. The molecular weight excluding hydrogens is 242 g/mol. The molecule has 0 amide bonds. The Hall–Kier alpha value is -0.800. The number of hydrogen-bond donors (Lipinski definition) is 1. The lowest BCUT2D eigenvalue weighted by Gasteiger charge is -2.06. The van der Waals surface area contributed by atoms with Crippen LogP contribution in [0.5, 0.6) is 5.75 Å². The summed E-state index contributed by atoms with van der Waals surface area (Å²) in [5, 5.41) is 3.18. The number of para-hydroxylation sites is 1. The summed E-state index contributed by atoms with van der Waals surface area (Å²) in [4.78, 5) is 0. The third-order valence-electron chi connectivity index (χ3n) is 1.61. The second kappa shape index (κ2) is 6.62. The molecule has 1 rings (SSSR count). The van der Waals surface area contributed by atoms with Crippen LogP contribution in [0.25, 0.3) is 0 Å². The van der Waals surface area contributed by atoms with Crippen molar-refractivity contribution in [2.24, 2.45) is 0 Å². The molecule has 0 atom stereocenters. The molecule has 1 aromatic carbocycles. The molecule has 0 radical (unpaired) electrons. The van der Waals surface area contributed by atoms with E-state index in [-0.39, 0.29) is 0 Å². The molecule has 2 nitrogen and oxygen atoms in total. The summed E-state index contributed by atoms with van der Waals surface area (Å²) in [7, 11) is 0. The highest BCUT2D eigenvalue weighted by atomic mass is 79.9. The van der Waals surface area contributed by atoms with Crippen LogP contribution in [0.3, 0.4) is 0 Å². The van der Waals surface area contributed by atoms with Gasteiger partial charge in [0.05, 0.1) is 0 Å². The fourth-order valence-corrected chi connectivity index (χ4v) is 1.18. The first-order valence-corrected chi connectivity index (χ1v) is 5.30. The first-order valence-electron chi connectivity index (χ1n) is 4.51. The number of ether oxygens (including phenoxy) is 1. The Balaban J connectivity index is 2.08. The Bertz CT molecular complexity index is 274. The van der Waals surface area contributed by atoms with Gasteiger partial charge in [-0.15, -0.1) is 0 Å². The Morgan fingerprint density at radius 3 is 2.71 bits per heavy atom. The fourth-order valence-electron chi connectivity index (χ4n) is 0.982. The average molecular weight is 256 g/mol. The van der Waals surface area contributed by atoms with Gasteiger partial charge in [-0.1, -0.05) is 40.7 Å². The summed E-state index contributed by atoms with van der Waals surface area (Å²) < 4.78 is 6.44. The van der Waals surface area contributed by atoms with Gasteiger partial charge in [-0.25, -0.2) is 0 Å². The normalized spacial score (nSPS) is 9.79. The van der Waals surface area contributed by atoms with E-state index in [1.54, 1.807) is 0 Å². The van der Waals surface area contributed by atoms with E-state index in [4.69, 9.17) is 4.74 Å². The van der Waals surface area contributed by atoms with Crippen molar-refractivity contribution in [1.29, 1.82) is 0 Å². The van der Waals surface area contributed by atoms with Crippen molar-refractivity contribution in [3.8, 4) is 5.75 Å². The zero-order valence-corrected chi connectivity index (χ0v) is 9.59. The highest BCUT2D eigenvalue weighted by Gasteiger charge is 1.91. The maximum atomic E-state index is 5.48. The SMILES string of the molecule is C=C(Br)CNCCOc1ccccc1. The van der Waals surface area contributed by atoms with Gasteiger partial charge in [0, 0.05) is 17.6 Å². The Morgan fingerprint density at radius 1 is 1.36 bits per heavy atom. The van der Waals surface area contributed by atoms with E-state index in [0.29, 0.717) is 6.61 Å². The van der Waals surface area contributed by atoms with Crippen molar-refractivity contribution < 1.29 is 4.74 Å². The molecule has 0 aliphatic rings. The number of benzene rings is 1. The van der Waals surface area contributed by atoms with Crippen molar-refractivity contribution in [2.75, 3.05) is 19.7 Å². The summed E-state index contributed by atoms with van der Waals surface area (Å²) in [6, 6.07) is 9.79. The minimum Gasteiger partial charge on any atom is -0.492 e. The third kappa shape index (κ3) is 5.04. The largest absolute Gasteiger partial charge is 0.492 e. The maximum Gasteiger partial charge on any atom is 0.119 e. The molecule has 0 spiro atoms. The van der Waals surface area contributed by atoms with E-state index in [0.717, 1.165) is 23.3 Å². The standard InChI is InChI=1S/C11H14BrNO/c1-10(12)9-13-7-8-14-11-5-3-2-4-6-11/h2-6,13H,1,7-9H2. The number of nitrogens with one attached hydrogen (secondary N) is 1. The molecule has 0 fully saturated rings. The Kier molecular flexibility index (Phi) is 5.33. The van der Waals surface area contributed by atoms with E-state index >= 15 is 0 Å². The predicted octanol–water partition coefficient (Wildman–Crippen LogP) is 2.56. The predicted molar refractivity (Wildman–Crippen MR) is 62.9 cm³/mol. The van der Waals surface area contributed by atoms with Crippen LogP contribution in [0.2, 0.25) is 0 Å². The molecule has 0 aliphatic heterocycles. The lowest BCUT2D eigenvalue weighted by atomic mass is 10.3. The van der Waals surface area contributed by atoms with E-state index in [9.17, 15) is 0 Å². The van der Waals surface area contributed by atoms with Gasteiger partial charge in [0.1, 0.15) is 12.4 Å². The molecule has 0 saturated heterocycles. The van der Waals surface area contributed by atoms with Gasteiger partial charge in [0.2, 0.25) is 0 Å². The Morgan fingerprint density at radius 2 is 2.07 bits per heavy atom. The quantitative estimate of drug-likeness (QED) is 0.790. The fraction of sp³-hybridized carbons (Fsp3) is 0.273. The van der Waals surface area contributed by atoms with Crippen molar-refractivity contribution in [3.63, 3.8) is 0 Å². The van der Waals surface area contributed by atoms with Crippen LogP contribution < -0.4 is 10.1 Å². The summed E-state index contributed by atoms with van der Waals surface area (Å²) in [6.45, 7) is 5.99.